The molecule has 0 spiro atoms. The van der Waals surface area contributed by atoms with E-state index in [9.17, 15) is 9.46 Å². The predicted molar refractivity (Wildman–Crippen MR) is 71.1 cm³/mol. The molecular formula is C13H19O3P. The van der Waals surface area contributed by atoms with Gasteiger partial charge in [-0.3, -0.25) is 4.57 Å². The van der Waals surface area contributed by atoms with Gasteiger partial charge in [-0.15, -0.1) is 0 Å². The smallest absolute Gasteiger partial charge is 0.321 e. The molecule has 1 aromatic rings. The van der Waals surface area contributed by atoms with Crippen LogP contribution in [0.1, 0.15) is 29.2 Å². The average molecular weight is 254 g/mol. The van der Waals surface area contributed by atoms with Gasteiger partial charge in [0.05, 0.1) is 6.61 Å². The van der Waals surface area contributed by atoms with Gasteiger partial charge in [0, 0.05) is 5.82 Å². The van der Waals surface area contributed by atoms with Crippen molar-refractivity contribution in [2.24, 2.45) is 0 Å². The Morgan fingerprint density at radius 1 is 1.29 bits per heavy atom. The van der Waals surface area contributed by atoms with Crippen molar-refractivity contribution >= 4 is 13.7 Å². The van der Waals surface area contributed by atoms with E-state index in [0.717, 1.165) is 16.7 Å². The van der Waals surface area contributed by atoms with Crippen LogP contribution in [0.3, 0.4) is 0 Å². The molecule has 0 heterocycles. The molecule has 1 atom stereocenters. The normalized spacial score (nSPS) is 15.1. The molecule has 0 saturated carbocycles. The molecule has 0 bridgehead atoms. The van der Waals surface area contributed by atoms with Crippen molar-refractivity contribution in [3.63, 3.8) is 0 Å². The third-order valence-corrected chi connectivity index (χ3v) is 3.64. The maximum Gasteiger partial charge on any atom is 0.351 e. The molecule has 0 aliphatic carbocycles. The highest BCUT2D eigenvalue weighted by Crippen LogP contribution is 2.44. The fourth-order valence-corrected chi connectivity index (χ4v) is 2.64. The fourth-order valence-electron chi connectivity index (χ4n) is 1.85. The van der Waals surface area contributed by atoms with Crippen LogP contribution in [-0.4, -0.2) is 11.5 Å². The van der Waals surface area contributed by atoms with Crippen LogP contribution in [0.5, 0.6) is 0 Å². The van der Waals surface area contributed by atoms with Crippen LogP contribution >= 0.6 is 7.60 Å². The van der Waals surface area contributed by atoms with Crippen LogP contribution in [0.15, 0.2) is 17.9 Å². The van der Waals surface area contributed by atoms with E-state index in [4.69, 9.17) is 4.52 Å². The van der Waals surface area contributed by atoms with E-state index in [-0.39, 0.29) is 6.61 Å². The summed E-state index contributed by atoms with van der Waals surface area (Å²) in [7, 11) is -3.59. The van der Waals surface area contributed by atoms with E-state index >= 15 is 0 Å². The third kappa shape index (κ3) is 4.12. The molecule has 17 heavy (non-hydrogen) atoms. The molecule has 1 rings (SSSR count). The largest absolute Gasteiger partial charge is 0.351 e. The summed E-state index contributed by atoms with van der Waals surface area (Å²) in [5, 5.41) is 0. The molecule has 4 heteroatoms. The zero-order chi connectivity index (χ0) is 13.1. The zero-order valence-corrected chi connectivity index (χ0v) is 11.6. The Hall–Kier alpha value is -0.890. The molecule has 1 aromatic carbocycles. The first-order chi connectivity index (χ1) is 7.85. The standard InChI is InChI=1S/C13H19O3P/c1-5-16-17(14,15)7-6-13-11(3)8-10(2)9-12(13)4/h6-9H,5H2,1-4H3,(H,14,15)/b7-6+. The van der Waals surface area contributed by atoms with E-state index in [1.165, 1.54) is 11.4 Å². The Labute approximate surface area is 103 Å². The van der Waals surface area contributed by atoms with Gasteiger partial charge in [0.25, 0.3) is 0 Å². The minimum absolute atomic E-state index is 0.226. The summed E-state index contributed by atoms with van der Waals surface area (Å²) in [5.41, 5.74) is 4.35. The van der Waals surface area contributed by atoms with E-state index in [1.54, 1.807) is 13.0 Å². The van der Waals surface area contributed by atoms with E-state index < -0.39 is 7.60 Å². The lowest BCUT2D eigenvalue weighted by atomic mass is 10.0. The summed E-state index contributed by atoms with van der Waals surface area (Å²) in [6, 6.07) is 4.10. The summed E-state index contributed by atoms with van der Waals surface area (Å²) >= 11 is 0. The predicted octanol–water partition coefficient (Wildman–Crippen LogP) is 3.80. The number of benzene rings is 1. The summed E-state index contributed by atoms with van der Waals surface area (Å²) in [6.45, 7) is 7.93. The summed E-state index contributed by atoms with van der Waals surface area (Å²) in [6.07, 6.45) is 1.67. The molecule has 1 N–H and O–H groups in total. The highest BCUT2D eigenvalue weighted by atomic mass is 31.2. The van der Waals surface area contributed by atoms with Crippen LogP contribution in [0.4, 0.5) is 0 Å². The van der Waals surface area contributed by atoms with Crippen LogP contribution in [-0.2, 0) is 9.09 Å². The third-order valence-electron chi connectivity index (χ3n) is 2.48. The van der Waals surface area contributed by atoms with Gasteiger partial charge in [0.1, 0.15) is 0 Å². The van der Waals surface area contributed by atoms with Crippen LogP contribution in [0.2, 0.25) is 0 Å². The first-order valence-corrected chi connectivity index (χ1v) is 7.24. The van der Waals surface area contributed by atoms with Gasteiger partial charge in [0.15, 0.2) is 0 Å². The summed E-state index contributed by atoms with van der Waals surface area (Å²) < 4.78 is 16.3. The van der Waals surface area contributed by atoms with Crippen molar-refractivity contribution in [3.05, 3.63) is 40.2 Å². The number of aryl methyl sites for hydroxylation is 3. The first kappa shape index (κ1) is 14.2. The highest BCUT2D eigenvalue weighted by molar-refractivity contribution is 7.56. The molecular weight excluding hydrogens is 235 g/mol. The zero-order valence-electron chi connectivity index (χ0n) is 10.7. The van der Waals surface area contributed by atoms with Crippen LogP contribution in [0, 0.1) is 20.8 Å². The van der Waals surface area contributed by atoms with Gasteiger partial charge in [-0.25, -0.2) is 0 Å². The number of hydrogen-bond donors (Lipinski definition) is 1. The molecule has 3 nitrogen and oxygen atoms in total. The lowest BCUT2D eigenvalue weighted by molar-refractivity contribution is 0.283. The van der Waals surface area contributed by atoms with Crippen LogP contribution in [0.25, 0.3) is 6.08 Å². The molecule has 1 unspecified atom stereocenters. The Kier molecular flexibility index (Phi) is 4.70. The van der Waals surface area contributed by atoms with Gasteiger partial charge in [-0.05, 0) is 50.5 Å². The quantitative estimate of drug-likeness (QED) is 0.831. The molecule has 0 saturated heterocycles. The topological polar surface area (TPSA) is 46.5 Å². The van der Waals surface area contributed by atoms with Crippen molar-refractivity contribution in [2.45, 2.75) is 27.7 Å². The lowest BCUT2D eigenvalue weighted by Gasteiger charge is -2.09. The first-order valence-electron chi connectivity index (χ1n) is 5.60. The van der Waals surface area contributed by atoms with Crippen molar-refractivity contribution in [3.8, 4) is 0 Å². The molecule has 0 fully saturated rings. The molecule has 0 aliphatic rings. The van der Waals surface area contributed by atoms with Gasteiger partial charge < -0.3 is 9.42 Å². The Morgan fingerprint density at radius 2 is 1.82 bits per heavy atom. The van der Waals surface area contributed by atoms with Crippen LogP contribution < -0.4 is 0 Å². The maximum absolute atomic E-state index is 11.5. The Morgan fingerprint density at radius 3 is 2.29 bits per heavy atom. The second-order valence-electron chi connectivity index (χ2n) is 4.11. The summed E-state index contributed by atoms with van der Waals surface area (Å²) in [5.74, 6) is 1.25. The van der Waals surface area contributed by atoms with Crippen molar-refractivity contribution in [1.82, 2.24) is 0 Å². The maximum atomic E-state index is 11.5. The van der Waals surface area contributed by atoms with Gasteiger partial charge in [0.2, 0.25) is 0 Å². The average Bonchev–Trinajstić information content (AvgIpc) is 2.15. The van der Waals surface area contributed by atoms with Gasteiger partial charge in [-0.2, -0.15) is 0 Å². The lowest BCUT2D eigenvalue weighted by Crippen LogP contribution is -1.89. The van der Waals surface area contributed by atoms with Gasteiger partial charge in [-0.1, -0.05) is 17.7 Å². The van der Waals surface area contributed by atoms with E-state index in [2.05, 4.69) is 12.1 Å². The van der Waals surface area contributed by atoms with Crippen molar-refractivity contribution in [1.29, 1.82) is 0 Å². The highest BCUT2D eigenvalue weighted by Gasteiger charge is 2.13. The molecule has 94 valence electrons. The molecule has 0 aromatic heterocycles. The minimum Gasteiger partial charge on any atom is -0.321 e. The van der Waals surface area contributed by atoms with E-state index in [0.29, 0.717) is 0 Å². The number of rotatable bonds is 4. The number of hydrogen-bond acceptors (Lipinski definition) is 2. The molecule has 0 radical (unpaired) electrons. The Balaban J connectivity index is 3.04. The Bertz CT molecular complexity index is 455. The van der Waals surface area contributed by atoms with Crippen molar-refractivity contribution < 1.29 is 14.0 Å². The van der Waals surface area contributed by atoms with Crippen molar-refractivity contribution in [2.75, 3.05) is 6.61 Å². The second-order valence-corrected chi connectivity index (χ2v) is 5.79. The monoisotopic (exact) mass is 254 g/mol. The SMILES string of the molecule is CCOP(=O)(O)/C=C/c1c(C)cc(C)cc1C. The minimum atomic E-state index is -3.59. The fraction of sp³-hybridized carbons (Fsp3) is 0.385. The molecule has 0 aliphatic heterocycles. The van der Waals surface area contributed by atoms with E-state index in [1.807, 2.05) is 20.8 Å². The molecule has 0 amide bonds. The van der Waals surface area contributed by atoms with Gasteiger partial charge >= 0.3 is 7.60 Å². The second kappa shape index (κ2) is 5.63. The summed E-state index contributed by atoms with van der Waals surface area (Å²) in [4.78, 5) is 9.46.